The molecule has 0 aliphatic heterocycles. The molecule has 0 aliphatic carbocycles. The van der Waals surface area contributed by atoms with Crippen molar-refractivity contribution in [2.75, 3.05) is 19.5 Å². The van der Waals surface area contributed by atoms with E-state index in [0.717, 1.165) is 6.07 Å². The van der Waals surface area contributed by atoms with Crippen molar-refractivity contribution in [3.05, 3.63) is 88.6 Å². The van der Waals surface area contributed by atoms with Crippen LogP contribution in [-0.4, -0.2) is 49.8 Å². The van der Waals surface area contributed by atoms with Crippen LogP contribution in [0.25, 0.3) is 28.4 Å². The Hall–Kier alpha value is -5.39. The van der Waals surface area contributed by atoms with E-state index in [2.05, 4.69) is 25.6 Å². The van der Waals surface area contributed by atoms with Crippen LogP contribution in [0.3, 0.4) is 0 Å². The van der Waals surface area contributed by atoms with Gasteiger partial charge in [0.05, 0.1) is 30.9 Å². The van der Waals surface area contributed by atoms with Crippen LogP contribution in [0.15, 0.2) is 72.9 Å². The molecule has 5 aromatic rings. The van der Waals surface area contributed by atoms with Crippen molar-refractivity contribution >= 4 is 22.9 Å². The molecule has 0 bridgehead atoms. The fraction of sp³-hybridized carbons (Fsp3) is 0.0800. The van der Waals surface area contributed by atoms with Crippen molar-refractivity contribution < 1.29 is 19.2 Å². The van der Waals surface area contributed by atoms with Gasteiger partial charge in [-0.1, -0.05) is 18.2 Å². The average Bonchev–Trinajstić information content (AvgIpc) is 3.36. The number of hydrogen-bond donors (Lipinski definition) is 1. The second kappa shape index (κ2) is 9.70. The van der Waals surface area contributed by atoms with Crippen molar-refractivity contribution in [3.63, 3.8) is 0 Å². The topological polar surface area (TPSA) is 147 Å². The Balaban J connectivity index is 1.47. The Kier molecular flexibility index (Phi) is 6.12. The number of aromatic nitrogens is 5. The molecule has 184 valence electrons. The highest BCUT2D eigenvalue weighted by atomic mass is 16.6. The summed E-state index contributed by atoms with van der Waals surface area (Å²) in [5.41, 5.74) is 2.30. The van der Waals surface area contributed by atoms with Crippen LogP contribution in [0.4, 0.5) is 11.4 Å². The van der Waals surface area contributed by atoms with Crippen LogP contribution in [0.2, 0.25) is 0 Å². The number of hydrogen-bond acceptors (Lipinski definition) is 9. The number of anilines is 1. The predicted molar refractivity (Wildman–Crippen MR) is 134 cm³/mol. The van der Waals surface area contributed by atoms with Crippen molar-refractivity contribution in [1.29, 1.82) is 0 Å². The molecule has 0 spiro atoms. The zero-order valence-electron chi connectivity index (χ0n) is 19.7. The van der Waals surface area contributed by atoms with Crippen molar-refractivity contribution in [1.82, 2.24) is 24.8 Å². The lowest BCUT2D eigenvalue weighted by Crippen LogP contribution is -2.14. The maximum atomic E-state index is 13.0. The van der Waals surface area contributed by atoms with Crippen LogP contribution in [0.1, 0.15) is 10.4 Å². The highest BCUT2D eigenvalue weighted by Crippen LogP contribution is 2.35. The molecule has 0 radical (unpaired) electrons. The number of rotatable bonds is 7. The minimum atomic E-state index is -0.676. The SMILES string of the molecule is COc1cc(C(=O)Nc2cccc(-c3ccc4nnc(-c5ccccn5)n4n3)c2)c([N+](=O)[O-])cc1OC. The van der Waals surface area contributed by atoms with E-state index in [4.69, 9.17) is 9.47 Å². The average molecular weight is 497 g/mol. The lowest BCUT2D eigenvalue weighted by atomic mass is 10.1. The molecule has 12 nitrogen and oxygen atoms in total. The number of pyridine rings is 1. The monoisotopic (exact) mass is 497 g/mol. The van der Waals surface area contributed by atoms with Gasteiger partial charge in [-0.2, -0.15) is 9.61 Å². The summed E-state index contributed by atoms with van der Waals surface area (Å²) in [6.45, 7) is 0. The summed E-state index contributed by atoms with van der Waals surface area (Å²) in [5.74, 6) is 0.155. The third-order valence-electron chi connectivity index (χ3n) is 5.52. The molecule has 0 saturated heterocycles. The first-order valence-corrected chi connectivity index (χ1v) is 10.9. The zero-order chi connectivity index (χ0) is 25.9. The molecule has 3 aromatic heterocycles. The number of ether oxygens (including phenoxy) is 2. The van der Waals surface area contributed by atoms with E-state index < -0.39 is 16.5 Å². The number of nitrogens with zero attached hydrogens (tertiary/aromatic N) is 6. The Bertz CT molecular complexity index is 1640. The number of fused-ring (bicyclic) bond motifs is 1. The van der Waals surface area contributed by atoms with E-state index in [1.165, 1.54) is 20.3 Å². The van der Waals surface area contributed by atoms with Gasteiger partial charge >= 0.3 is 0 Å². The minimum absolute atomic E-state index is 0.147. The van der Waals surface area contributed by atoms with Crippen molar-refractivity contribution in [3.8, 4) is 34.3 Å². The molecule has 1 amide bonds. The summed E-state index contributed by atoms with van der Waals surface area (Å²) >= 11 is 0. The number of carbonyl (C=O) groups is 1. The lowest BCUT2D eigenvalue weighted by molar-refractivity contribution is -0.385. The van der Waals surface area contributed by atoms with Gasteiger partial charge in [0.25, 0.3) is 11.6 Å². The van der Waals surface area contributed by atoms with Gasteiger partial charge in [-0.3, -0.25) is 19.9 Å². The highest BCUT2D eigenvalue weighted by Gasteiger charge is 2.25. The molecule has 0 fully saturated rings. The molecule has 0 aliphatic rings. The minimum Gasteiger partial charge on any atom is -0.493 e. The van der Waals surface area contributed by atoms with Crippen LogP contribution in [-0.2, 0) is 0 Å². The van der Waals surface area contributed by atoms with Crippen LogP contribution in [0.5, 0.6) is 11.5 Å². The first-order chi connectivity index (χ1) is 18.0. The van der Waals surface area contributed by atoms with E-state index in [1.807, 2.05) is 24.3 Å². The third-order valence-corrected chi connectivity index (χ3v) is 5.52. The number of nitrogens with one attached hydrogen (secondary N) is 1. The van der Waals surface area contributed by atoms with E-state index in [1.54, 1.807) is 41.0 Å². The van der Waals surface area contributed by atoms with Gasteiger partial charge in [0.15, 0.2) is 17.1 Å². The fourth-order valence-corrected chi connectivity index (χ4v) is 3.75. The van der Waals surface area contributed by atoms with Gasteiger partial charge in [0.2, 0.25) is 5.82 Å². The number of amides is 1. The molecule has 2 aromatic carbocycles. The molecular weight excluding hydrogens is 478 g/mol. The van der Waals surface area contributed by atoms with E-state index >= 15 is 0 Å². The summed E-state index contributed by atoms with van der Waals surface area (Å²) in [7, 11) is 2.74. The van der Waals surface area contributed by atoms with Gasteiger partial charge in [-0.25, -0.2) is 0 Å². The number of methoxy groups -OCH3 is 2. The van der Waals surface area contributed by atoms with E-state index in [0.29, 0.717) is 34.1 Å². The second-order valence-corrected chi connectivity index (χ2v) is 7.74. The highest BCUT2D eigenvalue weighted by molar-refractivity contribution is 6.07. The largest absolute Gasteiger partial charge is 0.493 e. The molecule has 0 atom stereocenters. The van der Waals surface area contributed by atoms with E-state index in [9.17, 15) is 14.9 Å². The Labute approximate surface area is 209 Å². The second-order valence-electron chi connectivity index (χ2n) is 7.74. The quantitative estimate of drug-likeness (QED) is 0.260. The van der Waals surface area contributed by atoms with Gasteiger partial charge in [0, 0.05) is 23.5 Å². The standard InChI is InChI=1S/C25H19N7O5/c1-36-21-13-17(20(32(34)35)14-22(21)37-2)25(33)27-16-7-5-6-15(12-16)18-9-10-23-28-29-24(31(23)30-18)19-8-3-4-11-26-19/h3-14H,1-2H3,(H,27,33). The van der Waals surface area contributed by atoms with Gasteiger partial charge < -0.3 is 14.8 Å². The summed E-state index contributed by atoms with van der Waals surface area (Å²) in [4.78, 5) is 28.3. The van der Waals surface area contributed by atoms with Gasteiger partial charge in [-0.15, -0.1) is 10.2 Å². The Morgan fingerprint density at radius 2 is 1.76 bits per heavy atom. The number of benzene rings is 2. The molecule has 37 heavy (non-hydrogen) atoms. The molecular formula is C25H19N7O5. The Morgan fingerprint density at radius 3 is 2.49 bits per heavy atom. The van der Waals surface area contributed by atoms with Crippen LogP contribution < -0.4 is 14.8 Å². The van der Waals surface area contributed by atoms with Gasteiger partial charge in [-0.05, 0) is 36.4 Å². The molecule has 5 rings (SSSR count). The molecule has 1 N–H and O–H groups in total. The maximum Gasteiger partial charge on any atom is 0.286 e. The predicted octanol–water partition coefficient (Wildman–Crippen LogP) is 4.03. The zero-order valence-corrected chi connectivity index (χ0v) is 19.7. The molecule has 12 heteroatoms. The molecule has 0 unspecified atom stereocenters. The summed E-state index contributed by atoms with van der Waals surface area (Å²) in [5, 5.41) is 27.3. The first-order valence-electron chi connectivity index (χ1n) is 10.9. The van der Waals surface area contributed by atoms with Crippen LogP contribution in [0, 0.1) is 10.1 Å². The van der Waals surface area contributed by atoms with Crippen molar-refractivity contribution in [2.45, 2.75) is 0 Å². The molecule has 0 saturated carbocycles. The lowest BCUT2D eigenvalue weighted by Gasteiger charge is -2.11. The van der Waals surface area contributed by atoms with Gasteiger partial charge in [0.1, 0.15) is 11.3 Å². The Morgan fingerprint density at radius 1 is 0.946 bits per heavy atom. The number of nitro benzene ring substituents is 1. The summed E-state index contributed by atoms with van der Waals surface area (Å²) in [6.07, 6.45) is 1.66. The van der Waals surface area contributed by atoms with Crippen LogP contribution >= 0.6 is 0 Å². The normalized spacial score (nSPS) is 10.8. The maximum absolute atomic E-state index is 13.0. The van der Waals surface area contributed by atoms with E-state index in [-0.39, 0.29) is 17.1 Å². The third kappa shape index (κ3) is 4.50. The number of carbonyl (C=O) groups excluding carboxylic acids is 1. The molecule has 3 heterocycles. The smallest absolute Gasteiger partial charge is 0.286 e. The van der Waals surface area contributed by atoms with Crippen molar-refractivity contribution in [2.24, 2.45) is 0 Å². The number of nitro groups is 1. The first kappa shape index (κ1) is 23.4. The fourth-order valence-electron chi connectivity index (χ4n) is 3.75. The summed E-state index contributed by atoms with van der Waals surface area (Å²) < 4.78 is 11.9. The summed E-state index contributed by atoms with van der Waals surface area (Å²) in [6, 6.07) is 18.4.